The fraction of sp³-hybridized carbons (Fsp3) is 0.423. The standard InChI is InChI=1S/C26H29ClN4O3/c27-20-6-3-17(4-7-20)14-30-11-1-2-21(16-30)28-13-18-5-8-22-19(12-18)15-31(26(22)34)23-9-10-24(32)29-25(23)33/h3-8,12,21,23,28H,1-2,9-11,13-16H2,(H,29,32,33)/t21-,23?/m1/s1. The summed E-state index contributed by atoms with van der Waals surface area (Å²) in [4.78, 5) is 40.6. The van der Waals surface area contributed by atoms with Crippen LogP contribution in [0.2, 0.25) is 5.02 Å². The quantitative estimate of drug-likeness (QED) is 0.621. The number of nitrogens with one attached hydrogen (secondary N) is 2. The molecule has 2 aromatic carbocycles. The maximum atomic E-state index is 12.9. The molecule has 3 aliphatic rings. The minimum absolute atomic E-state index is 0.130. The molecule has 2 fully saturated rings. The molecule has 0 aromatic heterocycles. The summed E-state index contributed by atoms with van der Waals surface area (Å²) in [5.41, 5.74) is 4.00. The summed E-state index contributed by atoms with van der Waals surface area (Å²) in [6.45, 7) is 4.16. The molecular formula is C26H29ClN4O3. The Labute approximate surface area is 204 Å². The van der Waals surface area contributed by atoms with Crippen molar-refractivity contribution in [1.82, 2.24) is 20.4 Å². The number of carbonyl (C=O) groups excluding carboxylic acids is 3. The third-order valence-electron chi connectivity index (χ3n) is 7.01. The van der Waals surface area contributed by atoms with E-state index in [2.05, 4.69) is 33.7 Å². The average Bonchev–Trinajstić information content (AvgIpc) is 3.15. The Balaban J connectivity index is 1.17. The topological polar surface area (TPSA) is 81.8 Å². The van der Waals surface area contributed by atoms with Crippen LogP contribution in [0.1, 0.15) is 52.7 Å². The summed E-state index contributed by atoms with van der Waals surface area (Å²) >= 11 is 6.00. The lowest BCUT2D eigenvalue weighted by atomic mass is 10.0. The predicted octanol–water partition coefficient (Wildman–Crippen LogP) is 2.86. The SMILES string of the molecule is O=C1CCC(N2Cc3cc(CN[C@@H]4CCCN(Cc5ccc(Cl)cc5)C4)ccc3C2=O)C(=O)N1. The van der Waals surface area contributed by atoms with Crippen LogP contribution in [-0.4, -0.2) is 52.7 Å². The van der Waals surface area contributed by atoms with Gasteiger partial charge in [-0.2, -0.15) is 0 Å². The molecule has 2 N–H and O–H groups in total. The summed E-state index contributed by atoms with van der Waals surface area (Å²) in [5, 5.41) is 6.80. The molecule has 34 heavy (non-hydrogen) atoms. The molecule has 0 spiro atoms. The van der Waals surface area contributed by atoms with Gasteiger partial charge in [-0.1, -0.05) is 35.9 Å². The lowest BCUT2D eigenvalue weighted by Crippen LogP contribution is -2.52. The van der Waals surface area contributed by atoms with Crippen LogP contribution in [0.25, 0.3) is 0 Å². The lowest BCUT2D eigenvalue weighted by Gasteiger charge is -2.33. The third kappa shape index (κ3) is 5.02. The van der Waals surface area contributed by atoms with Gasteiger partial charge in [-0.15, -0.1) is 0 Å². The highest BCUT2D eigenvalue weighted by molar-refractivity contribution is 6.30. The second kappa shape index (κ2) is 9.86. The highest BCUT2D eigenvalue weighted by Crippen LogP contribution is 2.28. The fourth-order valence-electron chi connectivity index (χ4n) is 5.21. The maximum Gasteiger partial charge on any atom is 0.255 e. The van der Waals surface area contributed by atoms with Crippen LogP contribution in [0.4, 0.5) is 0 Å². The van der Waals surface area contributed by atoms with E-state index in [1.165, 1.54) is 5.56 Å². The summed E-state index contributed by atoms with van der Waals surface area (Å²) in [7, 11) is 0. The number of halogens is 1. The molecule has 3 aliphatic heterocycles. The van der Waals surface area contributed by atoms with Gasteiger partial charge in [0.2, 0.25) is 11.8 Å². The molecule has 3 heterocycles. The minimum Gasteiger partial charge on any atom is -0.322 e. The van der Waals surface area contributed by atoms with E-state index in [-0.39, 0.29) is 24.1 Å². The average molecular weight is 481 g/mol. The van der Waals surface area contributed by atoms with Crippen molar-refractivity contribution >= 4 is 29.3 Å². The number of hydrogen-bond donors (Lipinski definition) is 2. The van der Waals surface area contributed by atoms with Crippen LogP contribution in [0.3, 0.4) is 0 Å². The normalized spacial score (nSPS) is 23.2. The molecule has 178 valence electrons. The Morgan fingerprint density at radius 1 is 1.03 bits per heavy atom. The summed E-state index contributed by atoms with van der Waals surface area (Å²) in [6.07, 6.45) is 2.95. The van der Waals surface area contributed by atoms with Gasteiger partial charge in [0.25, 0.3) is 5.91 Å². The molecule has 3 amide bonds. The number of benzene rings is 2. The molecule has 2 atom stereocenters. The minimum atomic E-state index is -0.576. The fourth-order valence-corrected chi connectivity index (χ4v) is 5.34. The number of rotatable bonds is 6. The zero-order valence-corrected chi connectivity index (χ0v) is 19.8. The Bertz CT molecular complexity index is 1100. The van der Waals surface area contributed by atoms with Crippen LogP contribution in [0, 0.1) is 0 Å². The van der Waals surface area contributed by atoms with Crippen molar-refractivity contribution in [3.8, 4) is 0 Å². The van der Waals surface area contributed by atoms with Crippen LogP contribution >= 0.6 is 11.6 Å². The summed E-state index contributed by atoms with van der Waals surface area (Å²) in [6, 6.07) is 13.8. The summed E-state index contributed by atoms with van der Waals surface area (Å²) < 4.78 is 0. The largest absolute Gasteiger partial charge is 0.322 e. The molecule has 0 radical (unpaired) electrons. The molecule has 0 bridgehead atoms. The van der Waals surface area contributed by atoms with E-state index < -0.39 is 6.04 Å². The van der Waals surface area contributed by atoms with Crippen molar-refractivity contribution in [3.05, 3.63) is 69.7 Å². The van der Waals surface area contributed by atoms with Crippen molar-refractivity contribution in [2.75, 3.05) is 13.1 Å². The number of piperidine rings is 2. The molecule has 2 aromatic rings. The van der Waals surface area contributed by atoms with Gasteiger partial charge in [0, 0.05) is 49.2 Å². The highest BCUT2D eigenvalue weighted by Gasteiger charge is 2.39. The smallest absolute Gasteiger partial charge is 0.255 e. The number of fused-ring (bicyclic) bond motifs is 1. The van der Waals surface area contributed by atoms with Gasteiger partial charge in [0.05, 0.1) is 0 Å². The molecular weight excluding hydrogens is 452 g/mol. The van der Waals surface area contributed by atoms with Gasteiger partial charge in [0.1, 0.15) is 6.04 Å². The molecule has 8 heteroatoms. The molecule has 5 rings (SSSR count). The number of amides is 3. The lowest BCUT2D eigenvalue weighted by molar-refractivity contribution is -0.136. The summed E-state index contributed by atoms with van der Waals surface area (Å²) in [5.74, 6) is -0.776. The van der Waals surface area contributed by atoms with Gasteiger partial charge in [-0.3, -0.25) is 24.6 Å². The van der Waals surface area contributed by atoms with E-state index in [9.17, 15) is 14.4 Å². The van der Waals surface area contributed by atoms with Gasteiger partial charge < -0.3 is 10.2 Å². The van der Waals surface area contributed by atoms with E-state index in [0.29, 0.717) is 24.6 Å². The first-order chi connectivity index (χ1) is 16.5. The first-order valence-corrected chi connectivity index (χ1v) is 12.3. The van der Waals surface area contributed by atoms with E-state index in [1.54, 1.807) is 4.90 Å². The first-order valence-electron chi connectivity index (χ1n) is 11.9. The Morgan fingerprint density at radius 2 is 1.82 bits per heavy atom. The predicted molar refractivity (Wildman–Crippen MR) is 129 cm³/mol. The zero-order chi connectivity index (χ0) is 23.7. The van der Waals surface area contributed by atoms with Gasteiger partial charge in [-0.25, -0.2) is 0 Å². The molecule has 2 saturated heterocycles. The van der Waals surface area contributed by atoms with Crippen molar-refractivity contribution in [1.29, 1.82) is 0 Å². The second-order valence-electron chi connectivity index (χ2n) is 9.47. The molecule has 0 aliphatic carbocycles. The highest BCUT2D eigenvalue weighted by atomic mass is 35.5. The molecule has 7 nitrogen and oxygen atoms in total. The Kier molecular flexibility index (Phi) is 6.68. The van der Waals surface area contributed by atoms with Crippen molar-refractivity contribution in [2.24, 2.45) is 0 Å². The van der Waals surface area contributed by atoms with Crippen LogP contribution in [-0.2, 0) is 29.2 Å². The van der Waals surface area contributed by atoms with Crippen molar-refractivity contribution in [2.45, 2.75) is 57.4 Å². The van der Waals surface area contributed by atoms with Crippen LogP contribution in [0.15, 0.2) is 42.5 Å². The first kappa shape index (κ1) is 23.0. The van der Waals surface area contributed by atoms with E-state index >= 15 is 0 Å². The zero-order valence-electron chi connectivity index (χ0n) is 19.1. The van der Waals surface area contributed by atoms with E-state index in [1.807, 2.05) is 24.3 Å². The number of nitrogens with zero attached hydrogens (tertiary/aromatic N) is 2. The van der Waals surface area contributed by atoms with Gasteiger partial charge in [0.15, 0.2) is 0 Å². The van der Waals surface area contributed by atoms with Gasteiger partial charge in [-0.05, 0) is 60.7 Å². The number of hydrogen-bond acceptors (Lipinski definition) is 5. The number of likely N-dealkylation sites (tertiary alicyclic amines) is 1. The molecule has 1 unspecified atom stereocenters. The van der Waals surface area contributed by atoms with Crippen LogP contribution < -0.4 is 10.6 Å². The number of carbonyl (C=O) groups is 3. The Morgan fingerprint density at radius 3 is 2.62 bits per heavy atom. The third-order valence-corrected chi connectivity index (χ3v) is 7.26. The molecule has 0 saturated carbocycles. The van der Waals surface area contributed by atoms with E-state index in [4.69, 9.17) is 11.6 Å². The van der Waals surface area contributed by atoms with Crippen molar-refractivity contribution < 1.29 is 14.4 Å². The van der Waals surface area contributed by atoms with E-state index in [0.717, 1.165) is 55.2 Å². The second-order valence-corrected chi connectivity index (χ2v) is 9.91. The monoisotopic (exact) mass is 480 g/mol. The van der Waals surface area contributed by atoms with Gasteiger partial charge >= 0.3 is 0 Å². The number of imide groups is 1. The Hall–Kier alpha value is -2.74. The maximum absolute atomic E-state index is 12.9. The van der Waals surface area contributed by atoms with Crippen LogP contribution in [0.5, 0.6) is 0 Å². The van der Waals surface area contributed by atoms with Crippen molar-refractivity contribution in [3.63, 3.8) is 0 Å².